The van der Waals surface area contributed by atoms with Crippen LogP contribution < -0.4 is 5.32 Å². The van der Waals surface area contributed by atoms with Gasteiger partial charge in [-0.25, -0.2) is 0 Å². The molecule has 1 unspecified atom stereocenters. The fourth-order valence-corrected chi connectivity index (χ4v) is 3.14. The first-order chi connectivity index (χ1) is 13.1. The Morgan fingerprint density at radius 3 is 2.81 bits per heavy atom. The zero-order chi connectivity index (χ0) is 19.1. The summed E-state index contributed by atoms with van der Waals surface area (Å²) in [6, 6.07) is 15.9. The van der Waals surface area contributed by atoms with E-state index < -0.39 is 4.92 Å². The zero-order valence-electron chi connectivity index (χ0n) is 15.0. The molecule has 0 aromatic heterocycles. The van der Waals surface area contributed by atoms with Crippen molar-refractivity contribution in [2.75, 3.05) is 32.8 Å². The number of non-ortho nitro benzene ring substituents is 1. The summed E-state index contributed by atoms with van der Waals surface area (Å²) in [5, 5.41) is 13.6. The number of benzene rings is 2. The Bertz CT molecular complexity index is 782. The molecule has 0 bridgehead atoms. The molecule has 142 valence electrons. The van der Waals surface area contributed by atoms with Crippen LogP contribution in [0.3, 0.4) is 0 Å². The molecule has 1 aliphatic heterocycles. The molecule has 1 N–H and O–H groups in total. The van der Waals surface area contributed by atoms with E-state index in [1.807, 2.05) is 18.2 Å². The highest BCUT2D eigenvalue weighted by Gasteiger charge is 2.21. The van der Waals surface area contributed by atoms with Gasteiger partial charge < -0.3 is 10.1 Å². The number of carbonyl (C=O) groups excluding carboxylic acids is 1. The highest BCUT2D eigenvalue weighted by atomic mass is 16.6. The minimum atomic E-state index is -0.502. The highest BCUT2D eigenvalue weighted by Crippen LogP contribution is 2.21. The zero-order valence-corrected chi connectivity index (χ0v) is 15.0. The molecule has 1 saturated heterocycles. The van der Waals surface area contributed by atoms with Crippen LogP contribution in [-0.4, -0.2) is 48.5 Å². The molecule has 0 aliphatic carbocycles. The molecular weight excluding hydrogens is 346 g/mol. The minimum absolute atomic E-state index is 0.0806. The molecule has 7 heteroatoms. The molecule has 7 nitrogen and oxygen atoms in total. The SMILES string of the molecule is O=C(NCCCN1CCOC(c2ccccc2)C1)c1cccc([N+](=O)[O-])c1. The molecule has 27 heavy (non-hydrogen) atoms. The molecule has 1 aliphatic rings. The molecule has 0 saturated carbocycles. The van der Waals surface area contributed by atoms with Gasteiger partial charge >= 0.3 is 0 Å². The van der Waals surface area contributed by atoms with Gasteiger partial charge in [-0.1, -0.05) is 36.4 Å². The van der Waals surface area contributed by atoms with Crippen LogP contribution in [0.15, 0.2) is 54.6 Å². The van der Waals surface area contributed by atoms with E-state index in [1.54, 1.807) is 6.07 Å². The number of nitro benzene ring substituents is 1. The van der Waals surface area contributed by atoms with E-state index in [0.717, 1.165) is 26.1 Å². The van der Waals surface area contributed by atoms with E-state index >= 15 is 0 Å². The van der Waals surface area contributed by atoms with Gasteiger partial charge in [-0.05, 0) is 18.1 Å². The van der Waals surface area contributed by atoms with Crippen LogP contribution in [0.5, 0.6) is 0 Å². The van der Waals surface area contributed by atoms with Crippen LogP contribution in [0.25, 0.3) is 0 Å². The maximum atomic E-state index is 12.1. The Morgan fingerprint density at radius 2 is 2.04 bits per heavy atom. The number of amides is 1. The fraction of sp³-hybridized carbons (Fsp3) is 0.350. The predicted octanol–water partition coefficient (Wildman–Crippen LogP) is 2.79. The van der Waals surface area contributed by atoms with Gasteiger partial charge in [-0.15, -0.1) is 0 Å². The van der Waals surface area contributed by atoms with Crippen LogP contribution >= 0.6 is 0 Å². The van der Waals surface area contributed by atoms with Crippen molar-refractivity contribution < 1.29 is 14.5 Å². The van der Waals surface area contributed by atoms with Crippen LogP contribution in [0.1, 0.15) is 28.4 Å². The molecule has 2 aromatic rings. The summed E-state index contributed by atoms with van der Waals surface area (Å²) in [7, 11) is 0. The summed E-state index contributed by atoms with van der Waals surface area (Å²) >= 11 is 0. The topological polar surface area (TPSA) is 84.7 Å². The lowest BCUT2D eigenvalue weighted by molar-refractivity contribution is -0.384. The normalized spacial score (nSPS) is 17.4. The number of carbonyl (C=O) groups is 1. The first-order valence-electron chi connectivity index (χ1n) is 9.05. The minimum Gasteiger partial charge on any atom is -0.371 e. The highest BCUT2D eigenvalue weighted by molar-refractivity contribution is 5.94. The van der Waals surface area contributed by atoms with Crippen LogP contribution in [0.2, 0.25) is 0 Å². The summed E-state index contributed by atoms with van der Waals surface area (Å²) in [6.45, 7) is 3.79. The molecule has 3 rings (SSSR count). The Morgan fingerprint density at radius 1 is 1.22 bits per heavy atom. The first-order valence-corrected chi connectivity index (χ1v) is 9.05. The Kier molecular flexibility index (Phi) is 6.51. The summed E-state index contributed by atoms with van der Waals surface area (Å²) in [6.07, 6.45) is 0.891. The number of nitrogens with zero attached hydrogens (tertiary/aromatic N) is 2. The molecule has 0 spiro atoms. The number of ether oxygens (including phenoxy) is 1. The second-order valence-corrected chi connectivity index (χ2v) is 6.49. The maximum absolute atomic E-state index is 12.1. The third-order valence-corrected chi connectivity index (χ3v) is 4.58. The van der Waals surface area contributed by atoms with Crippen LogP contribution in [-0.2, 0) is 4.74 Å². The van der Waals surface area contributed by atoms with E-state index in [-0.39, 0.29) is 17.7 Å². The number of nitrogens with one attached hydrogen (secondary N) is 1. The van der Waals surface area contributed by atoms with Crippen molar-refractivity contribution in [1.82, 2.24) is 10.2 Å². The van der Waals surface area contributed by atoms with Crippen molar-refractivity contribution >= 4 is 11.6 Å². The third-order valence-electron chi connectivity index (χ3n) is 4.58. The van der Waals surface area contributed by atoms with E-state index in [2.05, 4.69) is 22.3 Å². The van der Waals surface area contributed by atoms with E-state index in [0.29, 0.717) is 18.7 Å². The lowest BCUT2D eigenvalue weighted by Crippen LogP contribution is -2.39. The van der Waals surface area contributed by atoms with Crippen LogP contribution in [0, 0.1) is 10.1 Å². The summed E-state index contributed by atoms with van der Waals surface area (Å²) < 4.78 is 5.86. The molecule has 1 fully saturated rings. The second-order valence-electron chi connectivity index (χ2n) is 6.49. The maximum Gasteiger partial charge on any atom is 0.270 e. The van der Waals surface area contributed by atoms with Gasteiger partial charge in [0.15, 0.2) is 0 Å². The fourth-order valence-electron chi connectivity index (χ4n) is 3.14. The molecule has 0 radical (unpaired) electrons. The van der Waals surface area contributed by atoms with Crippen molar-refractivity contribution in [2.45, 2.75) is 12.5 Å². The Labute approximate surface area is 158 Å². The van der Waals surface area contributed by atoms with Crippen LogP contribution in [0.4, 0.5) is 5.69 Å². The molecule has 1 heterocycles. The lowest BCUT2D eigenvalue weighted by Gasteiger charge is -2.33. The Balaban J connectivity index is 1.42. The van der Waals surface area contributed by atoms with E-state index in [4.69, 9.17) is 4.74 Å². The van der Waals surface area contributed by atoms with Gasteiger partial charge in [-0.2, -0.15) is 0 Å². The van der Waals surface area contributed by atoms with Gasteiger partial charge in [0.2, 0.25) is 0 Å². The first kappa shape index (κ1) is 19.0. The largest absolute Gasteiger partial charge is 0.371 e. The molecule has 2 aromatic carbocycles. The average molecular weight is 369 g/mol. The molecule has 1 amide bonds. The number of morpholine rings is 1. The standard InChI is InChI=1S/C20H23N3O4/c24-20(17-8-4-9-18(14-17)23(25)26)21-10-5-11-22-12-13-27-19(15-22)16-6-2-1-3-7-16/h1-4,6-9,14,19H,5,10-13,15H2,(H,21,24). The van der Waals surface area contributed by atoms with Gasteiger partial charge in [0.05, 0.1) is 17.6 Å². The quantitative estimate of drug-likeness (QED) is 0.461. The number of nitro groups is 1. The monoisotopic (exact) mass is 369 g/mol. The van der Waals surface area contributed by atoms with Crippen molar-refractivity contribution in [1.29, 1.82) is 0 Å². The van der Waals surface area contributed by atoms with Gasteiger partial charge in [0.25, 0.3) is 11.6 Å². The smallest absolute Gasteiger partial charge is 0.270 e. The summed E-state index contributed by atoms with van der Waals surface area (Å²) in [5.74, 6) is -0.289. The van der Waals surface area contributed by atoms with E-state index in [9.17, 15) is 14.9 Å². The van der Waals surface area contributed by atoms with Gasteiger partial charge in [0, 0.05) is 43.9 Å². The van der Waals surface area contributed by atoms with Gasteiger partial charge in [0.1, 0.15) is 0 Å². The van der Waals surface area contributed by atoms with Crippen molar-refractivity contribution in [3.8, 4) is 0 Å². The molecule has 1 atom stereocenters. The Hall–Kier alpha value is -2.77. The predicted molar refractivity (Wildman–Crippen MR) is 102 cm³/mol. The van der Waals surface area contributed by atoms with E-state index in [1.165, 1.54) is 23.8 Å². The second kappa shape index (κ2) is 9.25. The third kappa shape index (κ3) is 5.35. The number of rotatable bonds is 7. The lowest BCUT2D eigenvalue weighted by atomic mass is 10.1. The van der Waals surface area contributed by atoms with Gasteiger partial charge in [-0.3, -0.25) is 19.8 Å². The van der Waals surface area contributed by atoms with Crippen molar-refractivity contribution in [3.63, 3.8) is 0 Å². The number of hydrogen-bond donors (Lipinski definition) is 1. The van der Waals surface area contributed by atoms with Crippen molar-refractivity contribution in [3.05, 3.63) is 75.8 Å². The number of hydrogen-bond acceptors (Lipinski definition) is 5. The van der Waals surface area contributed by atoms with Crippen molar-refractivity contribution in [2.24, 2.45) is 0 Å². The summed E-state index contributed by atoms with van der Waals surface area (Å²) in [4.78, 5) is 24.8. The summed E-state index contributed by atoms with van der Waals surface area (Å²) in [5.41, 5.74) is 1.41. The molecular formula is C20H23N3O4. The average Bonchev–Trinajstić information content (AvgIpc) is 2.72.